The summed E-state index contributed by atoms with van der Waals surface area (Å²) in [6.07, 6.45) is 0. The van der Waals surface area contributed by atoms with Crippen molar-refractivity contribution in [3.63, 3.8) is 0 Å². The Hall–Kier alpha value is -1.96. The fraction of sp³-hybridized carbons (Fsp3) is 0.471. The molecule has 7 heteroatoms. The maximum Gasteiger partial charge on any atom is 0.134 e. The number of hydrogen-bond acceptors (Lipinski definition) is 6. The molecule has 0 aliphatic carbocycles. The molecule has 0 bridgehead atoms. The van der Waals surface area contributed by atoms with Crippen molar-refractivity contribution in [3.05, 3.63) is 47.6 Å². The van der Waals surface area contributed by atoms with Gasteiger partial charge in [-0.25, -0.2) is 4.39 Å². The minimum absolute atomic E-state index is 0.0625. The third-order valence-electron chi connectivity index (χ3n) is 3.82. The molecule has 1 fully saturated rings. The Kier molecular flexibility index (Phi) is 5.13. The lowest BCUT2D eigenvalue weighted by molar-refractivity contribution is -0.0647. The lowest BCUT2D eigenvalue weighted by Gasteiger charge is -2.30. The molecule has 0 spiro atoms. The fourth-order valence-electron chi connectivity index (χ4n) is 2.69. The third kappa shape index (κ3) is 4.53. The summed E-state index contributed by atoms with van der Waals surface area (Å²) in [5.41, 5.74) is -0.333. The zero-order valence-corrected chi connectivity index (χ0v) is 13.6. The van der Waals surface area contributed by atoms with Crippen LogP contribution >= 0.6 is 0 Å². The number of aromatic nitrogens is 1. The van der Waals surface area contributed by atoms with E-state index >= 15 is 0 Å². The minimum Gasteiger partial charge on any atom is -0.490 e. The van der Waals surface area contributed by atoms with Crippen LogP contribution in [0.5, 0.6) is 5.75 Å². The first-order valence-electron chi connectivity index (χ1n) is 7.85. The van der Waals surface area contributed by atoms with Gasteiger partial charge in [0, 0.05) is 25.7 Å². The Balaban J connectivity index is 1.60. The Morgan fingerprint density at radius 1 is 1.38 bits per heavy atom. The van der Waals surface area contributed by atoms with Crippen molar-refractivity contribution in [3.8, 4) is 5.75 Å². The summed E-state index contributed by atoms with van der Waals surface area (Å²) in [5.74, 6) is 0.937. The highest BCUT2D eigenvalue weighted by atomic mass is 19.1. The molecule has 6 nitrogen and oxygen atoms in total. The molecular weight excluding hydrogens is 315 g/mol. The van der Waals surface area contributed by atoms with Crippen molar-refractivity contribution >= 4 is 0 Å². The molecule has 1 aliphatic heterocycles. The number of benzene rings is 1. The molecule has 1 aromatic heterocycles. The van der Waals surface area contributed by atoms with Crippen LogP contribution in [0.15, 0.2) is 34.9 Å². The summed E-state index contributed by atoms with van der Waals surface area (Å²) in [6.45, 7) is 4.25. The van der Waals surface area contributed by atoms with E-state index in [2.05, 4.69) is 10.1 Å². The van der Waals surface area contributed by atoms with Crippen LogP contribution in [0, 0.1) is 12.7 Å². The molecule has 1 aliphatic rings. The summed E-state index contributed by atoms with van der Waals surface area (Å²) in [4.78, 5) is 2.05. The second-order valence-corrected chi connectivity index (χ2v) is 6.16. The molecule has 0 amide bonds. The number of halogens is 1. The van der Waals surface area contributed by atoms with Gasteiger partial charge in [-0.2, -0.15) is 0 Å². The quantitative estimate of drug-likeness (QED) is 0.897. The molecule has 2 heterocycles. The van der Waals surface area contributed by atoms with Crippen molar-refractivity contribution in [2.75, 3.05) is 32.9 Å². The standard InChI is InChI=1S/C17H21FN2O4/c1-13-8-15(19-24-13)9-20-6-7-22-11-17(21,10-20)12-23-16-4-2-14(18)3-5-16/h2-5,8,21H,6-7,9-12H2,1H3/t17-/m1/s1. The van der Waals surface area contributed by atoms with Crippen LogP contribution < -0.4 is 4.74 Å². The van der Waals surface area contributed by atoms with Gasteiger partial charge in [-0.3, -0.25) is 4.90 Å². The monoisotopic (exact) mass is 336 g/mol. The van der Waals surface area contributed by atoms with E-state index in [-0.39, 0.29) is 19.0 Å². The number of nitrogens with zero attached hydrogens (tertiary/aromatic N) is 2. The molecule has 1 N–H and O–H groups in total. The number of rotatable bonds is 5. The van der Waals surface area contributed by atoms with Gasteiger partial charge in [0.25, 0.3) is 0 Å². The molecule has 1 aromatic carbocycles. The molecule has 0 unspecified atom stereocenters. The van der Waals surface area contributed by atoms with Crippen LogP contribution in [0.2, 0.25) is 0 Å². The Bertz CT molecular complexity index is 661. The van der Waals surface area contributed by atoms with E-state index in [4.69, 9.17) is 14.0 Å². The Labute approximate surface area is 139 Å². The summed E-state index contributed by atoms with van der Waals surface area (Å²) in [6, 6.07) is 7.59. The van der Waals surface area contributed by atoms with Gasteiger partial charge in [0.15, 0.2) is 0 Å². The van der Waals surface area contributed by atoms with Crippen LogP contribution in [0.25, 0.3) is 0 Å². The van der Waals surface area contributed by atoms with Crippen molar-refractivity contribution in [2.45, 2.75) is 19.1 Å². The average Bonchev–Trinajstić information content (AvgIpc) is 2.86. The van der Waals surface area contributed by atoms with E-state index in [0.29, 0.717) is 32.0 Å². The highest BCUT2D eigenvalue weighted by molar-refractivity contribution is 5.22. The number of aryl methyl sites for hydroxylation is 1. The average molecular weight is 336 g/mol. The fourth-order valence-corrected chi connectivity index (χ4v) is 2.69. The largest absolute Gasteiger partial charge is 0.490 e. The first-order chi connectivity index (χ1) is 11.5. The maximum atomic E-state index is 12.9. The highest BCUT2D eigenvalue weighted by Gasteiger charge is 2.33. The van der Waals surface area contributed by atoms with Gasteiger partial charge in [-0.05, 0) is 31.2 Å². The molecule has 2 aromatic rings. The number of β-amino-alcohol motifs (C(OH)–C–C–N with tert-alkyl or cyclic N) is 1. The molecular formula is C17H21FN2O4. The molecule has 1 saturated heterocycles. The molecule has 130 valence electrons. The number of ether oxygens (including phenoxy) is 2. The van der Waals surface area contributed by atoms with Gasteiger partial charge in [-0.15, -0.1) is 0 Å². The molecule has 0 radical (unpaired) electrons. The summed E-state index contributed by atoms with van der Waals surface area (Å²) >= 11 is 0. The predicted octanol–water partition coefficient (Wildman–Crippen LogP) is 1.76. The van der Waals surface area contributed by atoms with Gasteiger partial charge in [0.2, 0.25) is 0 Å². The van der Waals surface area contributed by atoms with Crippen molar-refractivity contribution in [1.29, 1.82) is 0 Å². The SMILES string of the molecule is Cc1cc(CN2CCOC[C@@](O)(COc3ccc(F)cc3)C2)no1. The molecule has 1 atom stereocenters. The first kappa shape index (κ1) is 16.9. The van der Waals surface area contributed by atoms with Gasteiger partial charge in [0.05, 0.1) is 18.9 Å². The molecule has 24 heavy (non-hydrogen) atoms. The van der Waals surface area contributed by atoms with Crippen LogP contribution in [-0.4, -0.2) is 53.7 Å². The zero-order chi connectivity index (χ0) is 17.0. The second-order valence-electron chi connectivity index (χ2n) is 6.16. The van der Waals surface area contributed by atoms with Crippen LogP contribution in [-0.2, 0) is 11.3 Å². The van der Waals surface area contributed by atoms with E-state index < -0.39 is 5.60 Å². The van der Waals surface area contributed by atoms with E-state index in [0.717, 1.165) is 11.5 Å². The number of aliphatic hydroxyl groups is 1. The highest BCUT2D eigenvalue weighted by Crippen LogP contribution is 2.18. The van der Waals surface area contributed by atoms with Crippen LogP contribution in [0.1, 0.15) is 11.5 Å². The topological polar surface area (TPSA) is 68.0 Å². The van der Waals surface area contributed by atoms with E-state index in [1.54, 1.807) is 0 Å². The van der Waals surface area contributed by atoms with Crippen molar-refractivity contribution in [1.82, 2.24) is 10.1 Å². The van der Waals surface area contributed by atoms with E-state index in [9.17, 15) is 9.50 Å². The van der Waals surface area contributed by atoms with Crippen LogP contribution in [0.3, 0.4) is 0 Å². The molecule has 0 saturated carbocycles. The van der Waals surface area contributed by atoms with Gasteiger partial charge >= 0.3 is 0 Å². The van der Waals surface area contributed by atoms with E-state index in [1.165, 1.54) is 24.3 Å². The zero-order valence-electron chi connectivity index (χ0n) is 13.6. The summed E-state index contributed by atoms with van der Waals surface area (Å²) < 4.78 is 29.1. The lowest BCUT2D eigenvalue weighted by Crippen LogP contribution is -2.48. The lowest BCUT2D eigenvalue weighted by atomic mass is 10.1. The summed E-state index contributed by atoms with van der Waals surface area (Å²) in [7, 11) is 0. The Morgan fingerprint density at radius 3 is 2.88 bits per heavy atom. The minimum atomic E-state index is -1.15. The van der Waals surface area contributed by atoms with Gasteiger partial charge in [-0.1, -0.05) is 5.16 Å². The molecule has 3 rings (SSSR count). The van der Waals surface area contributed by atoms with Gasteiger partial charge in [0.1, 0.15) is 29.5 Å². The Morgan fingerprint density at radius 2 is 2.17 bits per heavy atom. The number of hydrogen-bond donors (Lipinski definition) is 1. The second kappa shape index (κ2) is 7.29. The van der Waals surface area contributed by atoms with Crippen LogP contribution in [0.4, 0.5) is 4.39 Å². The van der Waals surface area contributed by atoms with Crippen molar-refractivity contribution in [2.24, 2.45) is 0 Å². The maximum absolute atomic E-state index is 12.9. The summed E-state index contributed by atoms with van der Waals surface area (Å²) in [5, 5.41) is 14.8. The normalized spacial score (nSPS) is 22.3. The first-order valence-corrected chi connectivity index (χ1v) is 7.85. The van der Waals surface area contributed by atoms with Gasteiger partial charge < -0.3 is 19.1 Å². The predicted molar refractivity (Wildman–Crippen MR) is 84.2 cm³/mol. The third-order valence-corrected chi connectivity index (χ3v) is 3.82. The van der Waals surface area contributed by atoms with E-state index in [1.807, 2.05) is 13.0 Å². The van der Waals surface area contributed by atoms with Crippen molar-refractivity contribution < 1.29 is 23.5 Å². The smallest absolute Gasteiger partial charge is 0.134 e.